The number of hydrogen-bond donors (Lipinski definition) is 0. The molecule has 2 nitrogen and oxygen atoms in total. The van der Waals surface area contributed by atoms with Gasteiger partial charge in [-0.2, -0.15) is 0 Å². The van der Waals surface area contributed by atoms with E-state index in [9.17, 15) is 4.79 Å². The van der Waals surface area contributed by atoms with E-state index in [1.165, 1.54) is 18.1 Å². The molecule has 0 aliphatic heterocycles. The third-order valence-corrected chi connectivity index (χ3v) is 2.79. The van der Waals surface area contributed by atoms with Crippen molar-refractivity contribution in [2.75, 3.05) is 6.61 Å². The van der Waals surface area contributed by atoms with Crippen LogP contribution in [0.2, 0.25) is 0 Å². The zero-order chi connectivity index (χ0) is 15.4. The lowest BCUT2D eigenvalue weighted by atomic mass is 10.1. The van der Waals surface area contributed by atoms with E-state index in [0.29, 0.717) is 6.61 Å². The van der Waals surface area contributed by atoms with Crippen LogP contribution in [-0.4, -0.2) is 12.6 Å². The van der Waals surface area contributed by atoms with Crippen LogP contribution in [0.15, 0.2) is 47.6 Å². The summed E-state index contributed by atoms with van der Waals surface area (Å²) >= 11 is 0. The molecule has 0 rings (SSSR count). The molecule has 0 unspecified atom stereocenters. The zero-order valence-electron chi connectivity index (χ0n) is 13.4. The van der Waals surface area contributed by atoms with Gasteiger partial charge < -0.3 is 4.74 Å². The molecule has 0 radical (unpaired) electrons. The zero-order valence-corrected chi connectivity index (χ0v) is 13.4. The Balaban J connectivity index is 3.83. The minimum atomic E-state index is -0.254. The fourth-order valence-corrected chi connectivity index (χ4v) is 1.66. The monoisotopic (exact) mass is 276 g/mol. The molecule has 0 fully saturated rings. The number of carbonyl (C=O) groups excluding carboxylic acids is 1. The van der Waals surface area contributed by atoms with E-state index in [0.717, 1.165) is 31.3 Å². The first-order valence-corrected chi connectivity index (χ1v) is 7.18. The maximum atomic E-state index is 10.6. The predicted molar refractivity (Wildman–Crippen MR) is 86.6 cm³/mol. The lowest BCUT2D eigenvalue weighted by molar-refractivity contribution is -0.139. The first-order valence-electron chi connectivity index (χ1n) is 7.18. The van der Waals surface area contributed by atoms with Crippen LogP contribution in [0.5, 0.6) is 0 Å². The standard InChI is InChI=1S/C18H28O2/c1-15(2)9-6-10-16(3)11-7-12-17(4)13-8-14-20-18(5)19/h8-9,11,13H,4,6-7,10,12,14H2,1-3,5H3/b13-8+,16-11+. The van der Waals surface area contributed by atoms with E-state index in [1.54, 1.807) is 0 Å². The normalized spacial score (nSPS) is 11.5. The molecule has 0 atom stereocenters. The summed E-state index contributed by atoms with van der Waals surface area (Å²) in [6.07, 6.45) is 12.5. The molecule has 0 bridgehead atoms. The molecule has 0 N–H and O–H groups in total. The summed E-state index contributed by atoms with van der Waals surface area (Å²) < 4.78 is 4.81. The molecule has 0 spiro atoms. The highest BCUT2D eigenvalue weighted by atomic mass is 16.5. The van der Waals surface area contributed by atoms with Crippen LogP contribution in [0.1, 0.15) is 53.4 Å². The minimum absolute atomic E-state index is 0.254. The topological polar surface area (TPSA) is 26.3 Å². The fraction of sp³-hybridized carbons (Fsp3) is 0.500. The van der Waals surface area contributed by atoms with Crippen LogP contribution in [-0.2, 0) is 9.53 Å². The average molecular weight is 276 g/mol. The van der Waals surface area contributed by atoms with E-state index >= 15 is 0 Å². The maximum absolute atomic E-state index is 10.6. The SMILES string of the molecule is C=C(/C=C/COC(C)=O)CC/C=C(\C)CCC=C(C)C. The molecule has 0 aromatic heterocycles. The number of allylic oxidation sites excluding steroid dienone is 6. The largest absolute Gasteiger partial charge is 0.462 e. The van der Waals surface area contributed by atoms with Gasteiger partial charge in [0, 0.05) is 6.92 Å². The highest BCUT2D eigenvalue weighted by Gasteiger charge is 1.92. The molecule has 0 heterocycles. The lowest BCUT2D eigenvalue weighted by Crippen LogP contribution is -1.97. The lowest BCUT2D eigenvalue weighted by Gasteiger charge is -2.01. The highest BCUT2D eigenvalue weighted by Crippen LogP contribution is 2.11. The van der Waals surface area contributed by atoms with Gasteiger partial charge >= 0.3 is 5.97 Å². The van der Waals surface area contributed by atoms with Gasteiger partial charge in [0.05, 0.1) is 0 Å². The molecule has 0 aliphatic rings. The third kappa shape index (κ3) is 12.9. The van der Waals surface area contributed by atoms with Gasteiger partial charge in [-0.25, -0.2) is 0 Å². The molecular weight excluding hydrogens is 248 g/mol. The second-order valence-electron chi connectivity index (χ2n) is 5.27. The maximum Gasteiger partial charge on any atom is 0.302 e. The molecule has 2 heteroatoms. The highest BCUT2D eigenvalue weighted by molar-refractivity contribution is 5.66. The summed E-state index contributed by atoms with van der Waals surface area (Å²) in [6, 6.07) is 0. The van der Waals surface area contributed by atoms with Crippen molar-refractivity contribution in [3.63, 3.8) is 0 Å². The Morgan fingerprint density at radius 1 is 1.05 bits per heavy atom. The van der Waals surface area contributed by atoms with Crippen molar-refractivity contribution in [3.05, 3.63) is 47.6 Å². The third-order valence-electron chi connectivity index (χ3n) is 2.79. The van der Waals surface area contributed by atoms with E-state index < -0.39 is 0 Å². The molecule has 0 saturated heterocycles. The quantitative estimate of drug-likeness (QED) is 0.331. The van der Waals surface area contributed by atoms with Crippen molar-refractivity contribution in [3.8, 4) is 0 Å². The smallest absolute Gasteiger partial charge is 0.302 e. The second kappa shape index (κ2) is 11.3. The molecular formula is C18H28O2. The van der Waals surface area contributed by atoms with Gasteiger partial charge in [0.25, 0.3) is 0 Å². The van der Waals surface area contributed by atoms with Crippen molar-refractivity contribution in [1.29, 1.82) is 0 Å². The summed E-state index contributed by atoms with van der Waals surface area (Å²) in [5, 5.41) is 0. The number of ether oxygens (including phenoxy) is 1. The van der Waals surface area contributed by atoms with Crippen molar-refractivity contribution in [2.45, 2.75) is 53.4 Å². The van der Waals surface area contributed by atoms with E-state index in [4.69, 9.17) is 4.74 Å². The van der Waals surface area contributed by atoms with Crippen molar-refractivity contribution < 1.29 is 9.53 Å². The van der Waals surface area contributed by atoms with Gasteiger partial charge in [0.2, 0.25) is 0 Å². The van der Waals surface area contributed by atoms with Crippen molar-refractivity contribution in [2.24, 2.45) is 0 Å². The molecule has 0 aromatic carbocycles. The second-order valence-corrected chi connectivity index (χ2v) is 5.27. The molecule has 20 heavy (non-hydrogen) atoms. The van der Waals surface area contributed by atoms with E-state index in [2.05, 4.69) is 39.5 Å². The van der Waals surface area contributed by atoms with Gasteiger partial charge in [0.1, 0.15) is 6.61 Å². The summed E-state index contributed by atoms with van der Waals surface area (Å²) in [5.74, 6) is -0.254. The Morgan fingerprint density at radius 3 is 2.30 bits per heavy atom. The molecule has 0 aliphatic carbocycles. The van der Waals surface area contributed by atoms with Crippen LogP contribution in [0.3, 0.4) is 0 Å². The van der Waals surface area contributed by atoms with Crippen molar-refractivity contribution in [1.82, 2.24) is 0 Å². The molecule has 112 valence electrons. The Kier molecular flexibility index (Phi) is 10.4. The molecule has 0 aromatic rings. The van der Waals surface area contributed by atoms with Crippen LogP contribution >= 0.6 is 0 Å². The first kappa shape index (κ1) is 18.4. The Hall–Kier alpha value is -1.57. The van der Waals surface area contributed by atoms with Gasteiger partial charge in [0.15, 0.2) is 0 Å². The summed E-state index contributed by atoms with van der Waals surface area (Å²) in [4.78, 5) is 10.6. The summed E-state index contributed by atoms with van der Waals surface area (Å²) in [5.41, 5.74) is 3.87. The number of esters is 1. The summed E-state index contributed by atoms with van der Waals surface area (Å²) in [6.45, 7) is 12.2. The van der Waals surface area contributed by atoms with Gasteiger partial charge in [-0.05, 0) is 52.5 Å². The number of hydrogen-bond acceptors (Lipinski definition) is 2. The number of rotatable bonds is 9. The summed E-state index contributed by atoms with van der Waals surface area (Å²) in [7, 11) is 0. The Bertz CT molecular complexity index is 394. The van der Waals surface area contributed by atoms with Crippen LogP contribution in [0, 0.1) is 0 Å². The van der Waals surface area contributed by atoms with E-state index in [1.807, 2.05) is 12.2 Å². The Morgan fingerprint density at radius 2 is 1.70 bits per heavy atom. The van der Waals surface area contributed by atoms with Crippen molar-refractivity contribution >= 4 is 5.97 Å². The van der Waals surface area contributed by atoms with Crippen LogP contribution < -0.4 is 0 Å². The Labute approximate surface area is 123 Å². The van der Waals surface area contributed by atoms with Crippen LogP contribution in [0.4, 0.5) is 0 Å². The number of carbonyl (C=O) groups is 1. The van der Waals surface area contributed by atoms with Gasteiger partial charge in [-0.15, -0.1) is 0 Å². The molecule has 0 amide bonds. The minimum Gasteiger partial charge on any atom is -0.462 e. The fourth-order valence-electron chi connectivity index (χ4n) is 1.66. The van der Waals surface area contributed by atoms with Gasteiger partial charge in [-0.1, -0.05) is 41.5 Å². The molecule has 0 saturated carbocycles. The average Bonchev–Trinajstić information content (AvgIpc) is 2.34. The van der Waals surface area contributed by atoms with E-state index in [-0.39, 0.29) is 5.97 Å². The first-order chi connectivity index (χ1) is 9.41. The van der Waals surface area contributed by atoms with Gasteiger partial charge in [-0.3, -0.25) is 4.79 Å². The predicted octanol–water partition coefficient (Wildman–Crippen LogP) is 5.13. The van der Waals surface area contributed by atoms with Crippen LogP contribution in [0.25, 0.3) is 0 Å².